The van der Waals surface area contributed by atoms with E-state index in [2.05, 4.69) is 25.6 Å². The summed E-state index contributed by atoms with van der Waals surface area (Å²) < 4.78 is 134. The van der Waals surface area contributed by atoms with E-state index in [1.54, 1.807) is 12.1 Å². The average Bonchev–Trinajstić information content (AvgIpc) is 3.11. The molecule has 0 saturated heterocycles. The molecule has 0 saturated carbocycles. The molecule has 0 atom stereocenters. The SMILES string of the molecule is FC(F)(F)c1cccc(-c2ccc3c(n2)NCCC3(F)F)c1.O=C(Nc1ccccn1)N1CCC(F)(F)c2ccc(-c3cccc(C(F)(F)F)c3)nc21. The first kappa shape index (κ1) is 37.0. The van der Waals surface area contributed by atoms with Crippen LogP contribution in [0.5, 0.6) is 0 Å². The maximum Gasteiger partial charge on any atom is 0.416 e. The predicted octanol–water partition coefficient (Wildman–Crippen LogP) is 10.4. The highest BCUT2D eigenvalue weighted by molar-refractivity contribution is 6.01. The zero-order valence-corrected chi connectivity index (χ0v) is 27.0. The van der Waals surface area contributed by atoms with Gasteiger partial charge in [-0.1, -0.05) is 30.3 Å². The van der Waals surface area contributed by atoms with Crippen LogP contribution >= 0.6 is 0 Å². The molecule has 2 N–H and O–H groups in total. The molecule has 2 aliphatic heterocycles. The fraction of sp³-hybridized carbons (Fsp3) is 0.222. The van der Waals surface area contributed by atoms with Crippen molar-refractivity contribution in [2.45, 2.75) is 37.0 Å². The number of carbonyl (C=O) groups is 1. The second kappa shape index (κ2) is 14.0. The van der Waals surface area contributed by atoms with Crippen LogP contribution in [0.4, 0.5) is 66.2 Å². The Bertz CT molecular complexity index is 2120. The molecule has 0 bridgehead atoms. The molecule has 7 nitrogen and oxygen atoms in total. The minimum absolute atomic E-state index is 0.0196. The molecule has 2 aliphatic rings. The summed E-state index contributed by atoms with van der Waals surface area (Å²) in [7, 11) is 0. The van der Waals surface area contributed by atoms with Crippen molar-refractivity contribution in [1.82, 2.24) is 15.0 Å². The summed E-state index contributed by atoms with van der Waals surface area (Å²) in [4.78, 5) is 25.9. The number of nitrogens with zero attached hydrogens (tertiary/aromatic N) is 4. The van der Waals surface area contributed by atoms with Gasteiger partial charge in [0.2, 0.25) is 0 Å². The number of urea groups is 1. The van der Waals surface area contributed by atoms with E-state index in [9.17, 15) is 48.7 Å². The monoisotopic (exact) mass is 748 g/mol. The van der Waals surface area contributed by atoms with Gasteiger partial charge >= 0.3 is 18.4 Å². The highest BCUT2D eigenvalue weighted by Gasteiger charge is 2.43. The molecule has 0 radical (unpaired) electrons. The number of anilines is 3. The molecule has 276 valence electrons. The number of alkyl halides is 10. The molecular formula is C36H26F10N6O. The summed E-state index contributed by atoms with van der Waals surface area (Å²) >= 11 is 0. The van der Waals surface area contributed by atoms with E-state index in [1.165, 1.54) is 54.7 Å². The molecule has 17 heteroatoms. The van der Waals surface area contributed by atoms with Gasteiger partial charge in [-0.2, -0.15) is 26.3 Å². The third-order valence-corrected chi connectivity index (χ3v) is 8.31. The largest absolute Gasteiger partial charge is 0.416 e. The number of fused-ring (bicyclic) bond motifs is 2. The standard InChI is InChI=1S/C21H15F5N4O.C15H11F5N2/c22-20(23)9-11-30(19(31)29-17-6-1-2-10-27-17)18-15(20)7-8-16(28-18)13-4-3-5-14(12-13)21(24,25)26;16-14(17)6-7-21-13-11(14)4-5-12(22-13)9-2-1-3-10(8-9)15(18,19)20/h1-8,10,12H,9,11H2,(H,27,29,31);1-5,8H,6-7H2,(H,21,22). The molecule has 2 aromatic carbocycles. The number of carbonyl (C=O) groups excluding carboxylic acids is 1. The van der Waals surface area contributed by atoms with Crippen molar-refractivity contribution < 1.29 is 48.7 Å². The van der Waals surface area contributed by atoms with E-state index in [4.69, 9.17) is 0 Å². The van der Waals surface area contributed by atoms with Gasteiger partial charge in [-0.05, 0) is 60.7 Å². The molecule has 7 rings (SSSR count). The first-order chi connectivity index (χ1) is 24.9. The van der Waals surface area contributed by atoms with Gasteiger partial charge in [-0.3, -0.25) is 10.2 Å². The molecule has 0 unspecified atom stereocenters. The summed E-state index contributed by atoms with van der Waals surface area (Å²) in [5.74, 6) is -6.26. The van der Waals surface area contributed by atoms with Crippen LogP contribution in [0.3, 0.4) is 0 Å². The first-order valence-corrected chi connectivity index (χ1v) is 15.8. The van der Waals surface area contributed by atoms with Gasteiger partial charge in [0.05, 0.1) is 33.6 Å². The van der Waals surface area contributed by atoms with Crippen molar-refractivity contribution in [2.75, 3.05) is 28.6 Å². The van der Waals surface area contributed by atoms with Crippen LogP contribution in [0, 0.1) is 0 Å². The summed E-state index contributed by atoms with van der Waals surface area (Å²) in [5.41, 5.74) is -1.80. The Kier molecular flexibility index (Phi) is 9.78. The number of amides is 2. The number of pyridine rings is 3. The topological polar surface area (TPSA) is 83.0 Å². The van der Waals surface area contributed by atoms with Crippen molar-refractivity contribution in [1.29, 1.82) is 0 Å². The Balaban J connectivity index is 0.000000192. The molecule has 2 amide bonds. The Labute approximate surface area is 294 Å². The van der Waals surface area contributed by atoms with Crippen LogP contribution in [0.15, 0.2) is 97.2 Å². The van der Waals surface area contributed by atoms with Crippen molar-refractivity contribution in [3.05, 3.63) is 119 Å². The van der Waals surface area contributed by atoms with Crippen LogP contribution in [0.1, 0.15) is 35.1 Å². The summed E-state index contributed by atoms with van der Waals surface area (Å²) in [6.07, 6.45) is -8.51. The molecule has 3 aromatic heterocycles. The number of hydrogen-bond acceptors (Lipinski definition) is 5. The molecule has 53 heavy (non-hydrogen) atoms. The van der Waals surface area contributed by atoms with Gasteiger partial charge < -0.3 is 5.32 Å². The van der Waals surface area contributed by atoms with Crippen molar-refractivity contribution >= 4 is 23.5 Å². The minimum Gasteiger partial charge on any atom is -0.369 e. The summed E-state index contributed by atoms with van der Waals surface area (Å²) in [6, 6.07) is 18.0. The number of hydrogen-bond donors (Lipinski definition) is 2. The number of halogens is 10. The van der Waals surface area contributed by atoms with Gasteiger partial charge in [0.25, 0.3) is 11.8 Å². The van der Waals surface area contributed by atoms with Crippen LogP contribution in [0.2, 0.25) is 0 Å². The lowest BCUT2D eigenvalue weighted by Crippen LogP contribution is -2.43. The Morgan fingerprint density at radius 3 is 1.87 bits per heavy atom. The lowest BCUT2D eigenvalue weighted by Gasteiger charge is -2.33. The summed E-state index contributed by atoms with van der Waals surface area (Å²) in [5, 5.41) is 5.27. The summed E-state index contributed by atoms with van der Waals surface area (Å²) in [6.45, 7) is -0.253. The van der Waals surface area contributed by atoms with E-state index in [1.807, 2.05) is 0 Å². The third kappa shape index (κ3) is 8.18. The van der Waals surface area contributed by atoms with Gasteiger partial charge in [-0.25, -0.2) is 37.3 Å². The second-order valence-corrected chi connectivity index (χ2v) is 11.9. The maximum atomic E-state index is 14.5. The molecule has 0 aliphatic carbocycles. The zero-order chi connectivity index (χ0) is 38.2. The van der Waals surface area contributed by atoms with E-state index in [-0.39, 0.29) is 65.0 Å². The van der Waals surface area contributed by atoms with E-state index in [0.29, 0.717) is 0 Å². The van der Waals surface area contributed by atoms with Crippen molar-refractivity contribution in [3.63, 3.8) is 0 Å². The average molecular weight is 749 g/mol. The van der Waals surface area contributed by atoms with Gasteiger partial charge in [0, 0.05) is 43.3 Å². The van der Waals surface area contributed by atoms with E-state index in [0.717, 1.165) is 35.2 Å². The quantitative estimate of drug-likeness (QED) is 0.180. The first-order valence-electron chi connectivity index (χ1n) is 15.8. The predicted molar refractivity (Wildman–Crippen MR) is 175 cm³/mol. The lowest BCUT2D eigenvalue weighted by molar-refractivity contribution is -0.138. The molecule has 0 fully saturated rings. The zero-order valence-electron chi connectivity index (χ0n) is 27.0. The number of nitrogens with one attached hydrogen (secondary N) is 2. The Hall–Kier alpha value is -5.74. The number of benzene rings is 2. The number of rotatable bonds is 3. The van der Waals surface area contributed by atoms with Gasteiger partial charge in [-0.15, -0.1) is 0 Å². The van der Waals surface area contributed by atoms with Crippen LogP contribution in [-0.4, -0.2) is 34.1 Å². The van der Waals surface area contributed by atoms with E-state index < -0.39 is 53.3 Å². The molecular weight excluding hydrogens is 722 g/mol. The fourth-order valence-corrected chi connectivity index (χ4v) is 5.64. The van der Waals surface area contributed by atoms with Crippen LogP contribution in [0.25, 0.3) is 22.5 Å². The molecule has 5 aromatic rings. The minimum atomic E-state index is -4.56. The smallest absolute Gasteiger partial charge is 0.369 e. The highest BCUT2D eigenvalue weighted by atomic mass is 19.4. The lowest BCUT2D eigenvalue weighted by atomic mass is 9.99. The van der Waals surface area contributed by atoms with Crippen molar-refractivity contribution in [2.24, 2.45) is 0 Å². The molecule has 5 heterocycles. The van der Waals surface area contributed by atoms with Gasteiger partial charge in [0.15, 0.2) is 0 Å². The van der Waals surface area contributed by atoms with Crippen LogP contribution in [-0.2, 0) is 24.2 Å². The Morgan fingerprint density at radius 2 is 1.28 bits per heavy atom. The van der Waals surface area contributed by atoms with Crippen molar-refractivity contribution in [3.8, 4) is 22.5 Å². The molecule has 0 spiro atoms. The second-order valence-electron chi connectivity index (χ2n) is 11.9. The fourth-order valence-electron chi connectivity index (χ4n) is 5.64. The third-order valence-electron chi connectivity index (χ3n) is 8.31. The Morgan fingerprint density at radius 1 is 0.698 bits per heavy atom. The maximum absolute atomic E-state index is 14.5. The highest BCUT2D eigenvalue weighted by Crippen LogP contribution is 2.43. The van der Waals surface area contributed by atoms with E-state index >= 15 is 0 Å². The van der Waals surface area contributed by atoms with Gasteiger partial charge in [0.1, 0.15) is 17.5 Å². The number of aromatic nitrogens is 3. The van der Waals surface area contributed by atoms with Crippen LogP contribution < -0.4 is 15.5 Å². The normalized spacial score (nSPS) is 15.9.